The van der Waals surface area contributed by atoms with Crippen LogP contribution in [0.5, 0.6) is 0 Å². The molecule has 0 aromatic carbocycles. The molecule has 0 radical (unpaired) electrons. The van der Waals surface area contributed by atoms with Crippen molar-refractivity contribution in [3.63, 3.8) is 0 Å². The standard InChI is InChI=1S/C5H13BO2Si/c1-9(2,3)5-4-6(7)8/h4-5,7-8H,1-3H3/b5-4+. The van der Waals surface area contributed by atoms with E-state index in [-0.39, 0.29) is 0 Å². The van der Waals surface area contributed by atoms with Gasteiger partial charge >= 0.3 is 7.12 Å². The molecule has 0 bridgehead atoms. The number of rotatable bonds is 2. The molecule has 0 aliphatic carbocycles. The van der Waals surface area contributed by atoms with E-state index in [1.54, 1.807) is 0 Å². The van der Waals surface area contributed by atoms with Crippen LogP contribution in [0.25, 0.3) is 0 Å². The second kappa shape index (κ2) is 3.20. The normalized spacial score (nSPS) is 12.6. The first kappa shape index (κ1) is 8.94. The molecule has 0 aliphatic rings. The molecule has 0 amide bonds. The Kier molecular flexibility index (Phi) is 3.18. The zero-order valence-electron chi connectivity index (χ0n) is 6.13. The molecule has 0 aromatic heterocycles. The van der Waals surface area contributed by atoms with E-state index < -0.39 is 15.2 Å². The van der Waals surface area contributed by atoms with E-state index >= 15 is 0 Å². The smallest absolute Gasteiger partial charge is 0.424 e. The Bertz CT molecular complexity index is 106. The van der Waals surface area contributed by atoms with E-state index in [0.29, 0.717) is 0 Å². The van der Waals surface area contributed by atoms with Crippen LogP contribution < -0.4 is 0 Å². The minimum absolute atomic E-state index is 1.22. The predicted octanol–water partition coefficient (Wildman–Crippen LogP) is 0.432. The van der Waals surface area contributed by atoms with Crippen molar-refractivity contribution in [2.24, 2.45) is 0 Å². The van der Waals surface area contributed by atoms with E-state index in [0.717, 1.165) is 0 Å². The second-order valence-electron chi connectivity index (χ2n) is 3.14. The van der Waals surface area contributed by atoms with Gasteiger partial charge in [-0.25, -0.2) is 0 Å². The number of hydrogen-bond donors (Lipinski definition) is 2. The molecule has 0 atom stereocenters. The molecular weight excluding hydrogens is 131 g/mol. The molecule has 0 spiro atoms. The average Bonchev–Trinajstić information content (AvgIpc) is 1.59. The topological polar surface area (TPSA) is 40.5 Å². The highest BCUT2D eigenvalue weighted by Gasteiger charge is 2.08. The SMILES string of the molecule is C[Si](C)(C)/C=C/B(O)O. The van der Waals surface area contributed by atoms with Crippen LogP contribution in [0, 0.1) is 0 Å². The van der Waals surface area contributed by atoms with Gasteiger partial charge in [-0.2, -0.15) is 0 Å². The Hall–Kier alpha value is -0.0582. The van der Waals surface area contributed by atoms with Gasteiger partial charge in [0, 0.05) is 0 Å². The molecule has 0 aromatic rings. The van der Waals surface area contributed by atoms with Gasteiger partial charge in [0.1, 0.15) is 0 Å². The fourth-order valence-electron chi connectivity index (χ4n) is 0.375. The van der Waals surface area contributed by atoms with Crippen molar-refractivity contribution in [2.45, 2.75) is 19.6 Å². The molecule has 0 unspecified atom stereocenters. The fourth-order valence-corrected chi connectivity index (χ4v) is 1.12. The maximum atomic E-state index is 8.41. The van der Waals surface area contributed by atoms with Crippen LogP contribution in [0.1, 0.15) is 0 Å². The molecule has 52 valence electrons. The fraction of sp³-hybridized carbons (Fsp3) is 0.600. The summed E-state index contributed by atoms with van der Waals surface area (Å²) in [6.07, 6.45) is 0. The first-order valence-corrected chi connectivity index (χ1v) is 6.55. The van der Waals surface area contributed by atoms with Gasteiger partial charge in [-0.15, -0.1) is 5.70 Å². The molecular formula is C5H13BO2Si. The summed E-state index contributed by atoms with van der Waals surface area (Å²) < 4.78 is 0. The van der Waals surface area contributed by atoms with E-state index in [2.05, 4.69) is 19.6 Å². The van der Waals surface area contributed by atoms with Crippen LogP contribution >= 0.6 is 0 Å². The van der Waals surface area contributed by atoms with Crippen molar-refractivity contribution in [2.75, 3.05) is 0 Å². The number of hydrogen-bond acceptors (Lipinski definition) is 2. The molecule has 0 saturated carbocycles. The van der Waals surface area contributed by atoms with Crippen LogP contribution in [0.3, 0.4) is 0 Å². The van der Waals surface area contributed by atoms with Crippen molar-refractivity contribution >= 4 is 15.2 Å². The van der Waals surface area contributed by atoms with Crippen LogP contribution in [0.2, 0.25) is 19.6 Å². The molecule has 0 heterocycles. The zero-order chi connectivity index (χ0) is 7.49. The molecule has 2 nitrogen and oxygen atoms in total. The lowest BCUT2D eigenvalue weighted by atomic mass is 9.94. The minimum atomic E-state index is -1.28. The lowest BCUT2D eigenvalue weighted by Gasteiger charge is -2.07. The van der Waals surface area contributed by atoms with E-state index in [4.69, 9.17) is 10.0 Å². The van der Waals surface area contributed by atoms with Crippen LogP contribution in [-0.2, 0) is 0 Å². The van der Waals surface area contributed by atoms with Gasteiger partial charge in [0.25, 0.3) is 0 Å². The van der Waals surface area contributed by atoms with E-state index in [1.165, 1.54) is 5.98 Å². The van der Waals surface area contributed by atoms with E-state index in [1.807, 2.05) is 5.70 Å². The van der Waals surface area contributed by atoms with Crippen molar-refractivity contribution in [3.8, 4) is 0 Å². The summed E-state index contributed by atoms with van der Waals surface area (Å²) in [5.41, 5.74) is 1.90. The Morgan fingerprint density at radius 1 is 1.22 bits per heavy atom. The Morgan fingerprint density at radius 2 is 1.67 bits per heavy atom. The lowest BCUT2D eigenvalue weighted by molar-refractivity contribution is 0.424. The quantitative estimate of drug-likeness (QED) is 0.552. The van der Waals surface area contributed by atoms with Gasteiger partial charge in [-0.05, 0) is 0 Å². The highest BCUT2D eigenvalue weighted by molar-refractivity contribution is 6.81. The summed E-state index contributed by atoms with van der Waals surface area (Å²) in [5, 5.41) is 16.8. The third-order valence-corrected chi connectivity index (χ3v) is 1.96. The highest BCUT2D eigenvalue weighted by Crippen LogP contribution is 2.00. The predicted molar refractivity (Wildman–Crippen MR) is 42.7 cm³/mol. The van der Waals surface area contributed by atoms with E-state index in [9.17, 15) is 0 Å². The molecule has 4 heteroatoms. The highest BCUT2D eigenvalue weighted by atomic mass is 28.3. The van der Waals surface area contributed by atoms with Crippen LogP contribution in [0.4, 0.5) is 0 Å². The summed E-state index contributed by atoms with van der Waals surface area (Å²) >= 11 is 0. The largest absolute Gasteiger partial charge is 0.479 e. The van der Waals surface area contributed by atoms with Gasteiger partial charge in [0.2, 0.25) is 0 Å². The van der Waals surface area contributed by atoms with Gasteiger partial charge in [0.15, 0.2) is 0 Å². The summed E-state index contributed by atoms with van der Waals surface area (Å²) in [4.78, 5) is 0. The molecule has 0 rings (SSSR count). The molecule has 0 fully saturated rings. The maximum absolute atomic E-state index is 8.41. The lowest BCUT2D eigenvalue weighted by Crippen LogP contribution is -2.18. The summed E-state index contributed by atoms with van der Waals surface area (Å²) in [5.74, 6) is 1.42. The maximum Gasteiger partial charge on any atom is 0.479 e. The Labute approximate surface area is 57.4 Å². The van der Waals surface area contributed by atoms with Crippen molar-refractivity contribution in [1.82, 2.24) is 0 Å². The first-order chi connectivity index (χ1) is 3.92. The third kappa shape index (κ3) is 7.94. The first-order valence-electron chi connectivity index (χ1n) is 2.97. The van der Waals surface area contributed by atoms with Crippen molar-refractivity contribution in [3.05, 3.63) is 11.7 Å². The monoisotopic (exact) mass is 144 g/mol. The summed E-state index contributed by atoms with van der Waals surface area (Å²) in [6.45, 7) is 6.39. The molecule has 9 heavy (non-hydrogen) atoms. The second-order valence-corrected chi connectivity index (χ2v) is 8.20. The van der Waals surface area contributed by atoms with Crippen molar-refractivity contribution in [1.29, 1.82) is 0 Å². The van der Waals surface area contributed by atoms with Gasteiger partial charge in [-0.1, -0.05) is 25.6 Å². The van der Waals surface area contributed by atoms with Crippen LogP contribution in [-0.4, -0.2) is 25.2 Å². The van der Waals surface area contributed by atoms with Gasteiger partial charge < -0.3 is 10.0 Å². The minimum Gasteiger partial charge on any atom is -0.424 e. The van der Waals surface area contributed by atoms with Crippen molar-refractivity contribution < 1.29 is 10.0 Å². The van der Waals surface area contributed by atoms with Gasteiger partial charge in [0.05, 0.1) is 8.07 Å². The summed E-state index contributed by atoms with van der Waals surface area (Å²) in [7, 11) is -2.50. The average molecular weight is 144 g/mol. The zero-order valence-corrected chi connectivity index (χ0v) is 7.13. The van der Waals surface area contributed by atoms with Gasteiger partial charge in [-0.3, -0.25) is 0 Å². The Morgan fingerprint density at radius 3 is 1.78 bits per heavy atom. The molecule has 0 aliphatic heterocycles. The molecule has 0 saturated heterocycles. The molecule has 2 N–H and O–H groups in total. The summed E-state index contributed by atoms with van der Waals surface area (Å²) in [6, 6.07) is 0. The third-order valence-electron chi connectivity index (χ3n) is 0.768. The van der Waals surface area contributed by atoms with Crippen LogP contribution in [0.15, 0.2) is 11.7 Å². The Balaban J connectivity index is 3.71.